The summed E-state index contributed by atoms with van der Waals surface area (Å²) >= 11 is 0. The van der Waals surface area contributed by atoms with Crippen LogP contribution < -0.4 is 0 Å². The van der Waals surface area contributed by atoms with E-state index in [1.54, 1.807) is 30.3 Å². The average molecular weight is 587 g/mol. The highest BCUT2D eigenvalue weighted by molar-refractivity contribution is 5.96. The van der Waals surface area contributed by atoms with E-state index in [2.05, 4.69) is 4.98 Å². The molecule has 1 aromatic heterocycles. The summed E-state index contributed by atoms with van der Waals surface area (Å²) in [5, 5.41) is 0. The molecule has 1 heterocycles. The number of hydrogen-bond donors (Lipinski definition) is 0. The van der Waals surface area contributed by atoms with E-state index in [0.29, 0.717) is 35.5 Å². The zero-order valence-electron chi connectivity index (χ0n) is 21.2. The summed E-state index contributed by atoms with van der Waals surface area (Å²) in [4.78, 5) is 4.34. The summed E-state index contributed by atoms with van der Waals surface area (Å²) in [5.41, 5.74) is -5.32. The summed E-state index contributed by atoms with van der Waals surface area (Å²) in [6.07, 6.45) is -13.8. The molecule has 0 saturated carbocycles. The number of pyridine rings is 1. The predicted octanol–water partition coefficient (Wildman–Crippen LogP) is 10.8. The van der Waals surface area contributed by atoms with Crippen LogP contribution in [0.1, 0.15) is 16.7 Å². The van der Waals surface area contributed by atoms with E-state index in [-0.39, 0.29) is 11.1 Å². The van der Waals surface area contributed by atoms with Crippen LogP contribution in [0.5, 0.6) is 0 Å². The average Bonchev–Trinajstić information content (AvgIpc) is 2.96. The molecule has 0 N–H and O–H groups in total. The third kappa shape index (κ3) is 5.74. The van der Waals surface area contributed by atoms with Gasteiger partial charge in [0.1, 0.15) is 0 Å². The number of nitrogens with zero attached hydrogens (tertiary/aromatic N) is 1. The molecule has 5 rings (SSSR count). The summed E-state index contributed by atoms with van der Waals surface area (Å²) < 4.78 is 127. The van der Waals surface area contributed by atoms with E-state index in [9.17, 15) is 39.5 Å². The minimum absolute atomic E-state index is 0.0300. The molecule has 0 aliphatic rings. The van der Waals surface area contributed by atoms with Crippen LogP contribution >= 0.6 is 0 Å². The van der Waals surface area contributed by atoms with Crippen LogP contribution in [0.4, 0.5) is 39.5 Å². The molecule has 0 unspecified atom stereocenters. The quantitative estimate of drug-likeness (QED) is 0.191. The largest absolute Gasteiger partial charge is 0.417 e. The Balaban J connectivity index is 1.91. The molecular weight excluding hydrogens is 569 g/mol. The van der Waals surface area contributed by atoms with Crippen LogP contribution in [0.2, 0.25) is 0 Å². The molecule has 0 atom stereocenters. The predicted molar refractivity (Wildman–Crippen MR) is 141 cm³/mol. The molecule has 0 radical (unpaired) electrons. The summed E-state index contributed by atoms with van der Waals surface area (Å²) in [6.45, 7) is 0. The normalized spacial score (nSPS) is 12.4. The van der Waals surface area contributed by atoms with Crippen molar-refractivity contribution in [2.75, 3.05) is 0 Å². The Morgan fingerprint density at radius 3 is 1.33 bits per heavy atom. The van der Waals surface area contributed by atoms with Crippen LogP contribution in [-0.4, -0.2) is 4.98 Å². The van der Waals surface area contributed by atoms with Crippen LogP contribution in [-0.2, 0) is 18.5 Å². The molecule has 0 spiro atoms. The molecule has 214 valence electrons. The van der Waals surface area contributed by atoms with Crippen molar-refractivity contribution in [2.45, 2.75) is 18.5 Å². The Hall–Kier alpha value is -4.60. The Kier molecular flexibility index (Phi) is 7.34. The SMILES string of the molecule is FC(F)(F)c1cc(-c2ccccc2C(F)(F)F)c(-c2ccc(-c3ccccc3)nc2)c(-c2ccccc2C(F)(F)F)c1. The first-order chi connectivity index (χ1) is 19.7. The maximum atomic E-state index is 14.2. The lowest BCUT2D eigenvalue weighted by atomic mass is 9.83. The van der Waals surface area contributed by atoms with Gasteiger partial charge in [-0.05, 0) is 58.1 Å². The third-order valence-electron chi connectivity index (χ3n) is 6.63. The van der Waals surface area contributed by atoms with Crippen molar-refractivity contribution < 1.29 is 39.5 Å². The fourth-order valence-corrected chi connectivity index (χ4v) is 4.79. The van der Waals surface area contributed by atoms with Crippen LogP contribution in [0, 0.1) is 0 Å². The van der Waals surface area contributed by atoms with E-state index in [1.807, 2.05) is 0 Å². The Morgan fingerprint density at radius 1 is 0.429 bits per heavy atom. The number of hydrogen-bond acceptors (Lipinski definition) is 1. The van der Waals surface area contributed by atoms with E-state index in [0.717, 1.165) is 24.3 Å². The zero-order chi connectivity index (χ0) is 30.3. The number of benzene rings is 4. The summed E-state index contributed by atoms with van der Waals surface area (Å²) in [5.74, 6) is 0. The first kappa shape index (κ1) is 28.9. The van der Waals surface area contributed by atoms with Gasteiger partial charge >= 0.3 is 18.5 Å². The van der Waals surface area contributed by atoms with Crippen molar-refractivity contribution in [3.8, 4) is 44.6 Å². The highest BCUT2D eigenvalue weighted by Gasteiger charge is 2.39. The summed E-state index contributed by atoms with van der Waals surface area (Å²) in [7, 11) is 0. The molecule has 0 fully saturated rings. The van der Waals surface area contributed by atoms with Crippen molar-refractivity contribution in [1.29, 1.82) is 0 Å². The van der Waals surface area contributed by atoms with Crippen molar-refractivity contribution in [1.82, 2.24) is 4.98 Å². The molecule has 1 nitrogen and oxygen atoms in total. The smallest absolute Gasteiger partial charge is 0.256 e. The fourth-order valence-electron chi connectivity index (χ4n) is 4.79. The van der Waals surface area contributed by atoms with E-state index in [1.165, 1.54) is 30.5 Å². The van der Waals surface area contributed by atoms with Crippen molar-refractivity contribution in [3.63, 3.8) is 0 Å². The van der Waals surface area contributed by atoms with Gasteiger partial charge in [0, 0.05) is 17.3 Å². The maximum absolute atomic E-state index is 14.2. The lowest BCUT2D eigenvalue weighted by Gasteiger charge is -2.23. The third-order valence-corrected chi connectivity index (χ3v) is 6.63. The van der Waals surface area contributed by atoms with Gasteiger partial charge in [-0.2, -0.15) is 39.5 Å². The first-order valence-corrected chi connectivity index (χ1v) is 12.4. The van der Waals surface area contributed by atoms with Crippen molar-refractivity contribution in [3.05, 3.63) is 126 Å². The minimum atomic E-state index is -5.09. The van der Waals surface area contributed by atoms with Gasteiger partial charge in [-0.25, -0.2) is 0 Å². The van der Waals surface area contributed by atoms with Crippen molar-refractivity contribution in [2.24, 2.45) is 0 Å². The molecule has 10 heteroatoms. The molecule has 0 saturated heterocycles. The van der Waals surface area contributed by atoms with Gasteiger partial charge in [0.05, 0.1) is 22.4 Å². The van der Waals surface area contributed by atoms with Crippen LogP contribution in [0.25, 0.3) is 44.6 Å². The van der Waals surface area contributed by atoms with Gasteiger partial charge in [0.25, 0.3) is 0 Å². The van der Waals surface area contributed by atoms with Gasteiger partial charge in [-0.3, -0.25) is 4.98 Å². The van der Waals surface area contributed by atoms with Gasteiger partial charge in [0.15, 0.2) is 0 Å². The van der Waals surface area contributed by atoms with Gasteiger partial charge in [-0.15, -0.1) is 0 Å². The zero-order valence-corrected chi connectivity index (χ0v) is 21.2. The highest BCUT2D eigenvalue weighted by atomic mass is 19.4. The minimum Gasteiger partial charge on any atom is -0.256 e. The van der Waals surface area contributed by atoms with Crippen LogP contribution in [0.15, 0.2) is 109 Å². The molecule has 42 heavy (non-hydrogen) atoms. The Labute approximate surface area is 233 Å². The molecule has 0 bridgehead atoms. The highest BCUT2D eigenvalue weighted by Crippen LogP contribution is 2.49. The fraction of sp³-hybridized carbons (Fsp3) is 0.0938. The molecule has 0 amide bonds. The molecule has 5 aromatic rings. The topological polar surface area (TPSA) is 12.9 Å². The Bertz CT molecular complexity index is 1640. The van der Waals surface area contributed by atoms with Crippen molar-refractivity contribution >= 4 is 0 Å². The van der Waals surface area contributed by atoms with Gasteiger partial charge in [-0.1, -0.05) is 72.8 Å². The molecular formula is C32H18F9N. The number of rotatable bonds is 4. The van der Waals surface area contributed by atoms with E-state index in [4.69, 9.17) is 0 Å². The number of alkyl halides is 9. The molecule has 0 aliphatic carbocycles. The van der Waals surface area contributed by atoms with Gasteiger partial charge in [0.2, 0.25) is 0 Å². The first-order valence-electron chi connectivity index (χ1n) is 12.4. The molecule has 0 aliphatic heterocycles. The van der Waals surface area contributed by atoms with Gasteiger partial charge < -0.3 is 0 Å². The second-order valence-electron chi connectivity index (χ2n) is 9.33. The number of halogens is 9. The van der Waals surface area contributed by atoms with E-state index >= 15 is 0 Å². The monoisotopic (exact) mass is 587 g/mol. The Morgan fingerprint density at radius 2 is 0.905 bits per heavy atom. The lowest BCUT2D eigenvalue weighted by Crippen LogP contribution is -2.11. The molecule has 4 aromatic carbocycles. The second kappa shape index (κ2) is 10.7. The second-order valence-corrected chi connectivity index (χ2v) is 9.33. The summed E-state index contributed by atoms with van der Waals surface area (Å²) in [6, 6.07) is 20.7. The lowest BCUT2D eigenvalue weighted by molar-refractivity contribution is -0.137. The van der Waals surface area contributed by atoms with E-state index < -0.39 is 57.5 Å². The standard InChI is InChI=1S/C32H18F9N/c33-30(34,35)21-16-24(22-10-4-6-12-26(22)31(36,37)38)29(20-14-15-28(42-18-20)19-8-2-1-3-9-19)25(17-21)23-11-5-7-13-27(23)32(39,40)41/h1-18H. The maximum Gasteiger partial charge on any atom is 0.417 e. The number of aromatic nitrogens is 1. The van der Waals surface area contributed by atoms with Crippen LogP contribution in [0.3, 0.4) is 0 Å².